The fraction of sp³-hybridized carbons (Fsp3) is 1.00. The Kier molecular flexibility index (Phi) is 5.49. The van der Waals surface area contributed by atoms with Crippen molar-refractivity contribution in [1.82, 2.24) is 0 Å². The summed E-state index contributed by atoms with van der Waals surface area (Å²) >= 11 is 0. The first-order valence-corrected chi connectivity index (χ1v) is 8.85. The molecule has 0 rings (SSSR count). The standard InChI is InChI=1S/C15H34O2P/c1-13(2,3)18(14(4,5)6,15(7,8)9)11-12(17)10-16/h12,16-17H,10-11H2,1-9H3/q+1. The summed E-state index contributed by atoms with van der Waals surface area (Å²) in [5.41, 5.74) is 0. The summed E-state index contributed by atoms with van der Waals surface area (Å²) in [5.74, 6) is 0. The maximum atomic E-state index is 10.1. The molecule has 0 saturated heterocycles. The van der Waals surface area contributed by atoms with Crippen LogP contribution in [0.25, 0.3) is 0 Å². The highest BCUT2D eigenvalue weighted by Gasteiger charge is 2.64. The maximum Gasteiger partial charge on any atom is 0.110 e. The zero-order valence-electron chi connectivity index (χ0n) is 13.8. The molecule has 0 amide bonds. The van der Waals surface area contributed by atoms with Crippen molar-refractivity contribution in [3.05, 3.63) is 0 Å². The van der Waals surface area contributed by atoms with E-state index in [9.17, 15) is 10.2 Å². The maximum absolute atomic E-state index is 10.1. The molecule has 2 nitrogen and oxygen atoms in total. The Hall–Kier alpha value is 0.350. The second-order valence-electron chi connectivity index (χ2n) is 8.34. The van der Waals surface area contributed by atoms with Gasteiger partial charge in [0.25, 0.3) is 0 Å². The molecule has 18 heavy (non-hydrogen) atoms. The van der Waals surface area contributed by atoms with E-state index in [0.29, 0.717) is 0 Å². The van der Waals surface area contributed by atoms with Crippen molar-refractivity contribution in [2.45, 2.75) is 83.9 Å². The van der Waals surface area contributed by atoms with Gasteiger partial charge in [-0.1, -0.05) is 0 Å². The van der Waals surface area contributed by atoms with Crippen molar-refractivity contribution >= 4 is 7.26 Å². The zero-order valence-corrected chi connectivity index (χ0v) is 14.7. The molecule has 0 heterocycles. The third-order valence-electron chi connectivity index (χ3n) is 4.13. The van der Waals surface area contributed by atoms with Crippen LogP contribution in [-0.2, 0) is 0 Å². The minimum absolute atomic E-state index is 0.135. The number of aliphatic hydroxyl groups excluding tert-OH is 2. The summed E-state index contributed by atoms with van der Waals surface area (Å²) in [6.45, 7) is 20.5. The largest absolute Gasteiger partial charge is 0.394 e. The van der Waals surface area contributed by atoms with Gasteiger partial charge < -0.3 is 10.2 Å². The Bertz CT molecular complexity index is 230. The van der Waals surface area contributed by atoms with Crippen molar-refractivity contribution in [3.63, 3.8) is 0 Å². The minimum atomic E-state index is -1.53. The predicted molar refractivity (Wildman–Crippen MR) is 84.1 cm³/mol. The fourth-order valence-corrected chi connectivity index (χ4v) is 12.6. The molecular weight excluding hydrogens is 243 g/mol. The Morgan fingerprint density at radius 3 is 1.22 bits per heavy atom. The van der Waals surface area contributed by atoms with Gasteiger partial charge in [-0.05, 0) is 62.3 Å². The summed E-state index contributed by atoms with van der Waals surface area (Å²) in [4.78, 5) is 0. The van der Waals surface area contributed by atoms with Crippen molar-refractivity contribution in [2.24, 2.45) is 0 Å². The highest BCUT2D eigenvalue weighted by atomic mass is 31.2. The monoisotopic (exact) mass is 277 g/mol. The molecule has 0 aromatic rings. The van der Waals surface area contributed by atoms with Gasteiger partial charge in [-0.25, -0.2) is 0 Å². The van der Waals surface area contributed by atoms with Crippen LogP contribution in [0.2, 0.25) is 0 Å². The van der Waals surface area contributed by atoms with Gasteiger partial charge in [0.1, 0.15) is 6.10 Å². The van der Waals surface area contributed by atoms with Crippen molar-refractivity contribution in [2.75, 3.05) is 12.8 Å². The van der Waals surface area contributed by atoms with Crippen LogP contribution in [0, 0.1) is 0 Å². The second kappa shape index (κ2) is 5.38. The zero-order chi connectivity index (χ0) is 15.0. The molecule has 110 valence electrons. The van der Waals surface area contributed by atoms with Crippen LogP contribution in [0.15, 0.2) is 0 Å². The average Bonchev–Trinajstić information content (AvgIpc) is 2.07. The highest BCUT2D eigenvalue weighted by molar-refractivity contribution is 7.80. The Balaban J connectivity index is 5.92. The van der Waals surface area contributed by atoms with Crippen LogP contribution in [0.4, 0.5) is 0 Å². The van der Waals surface area contributed by atoms with Gasteiger partial charge in [0.15, 0.2) is 0 Å². The molecule has 0 aromatic carbocycles. The summed E-state index contributed by atoms with van der Waals surface area (Å²) < 4.78 is 0. The molecule has 0 spiro atoms. The first-order valence-electron chi connectivity index (χ1n) is 6.88. The Labute approximate surface area is 115 Å². The molecule has 0 aliphatic rings. The molecule has 0 aliphatic heterocycles. The molecule has 0 saturated carbocycles. The summed E-state index contributed by atoms with van der Waals surface area (Å²) in [6.07, 6.45) is 0.135. The van der Waals surface area contributed by atoms with Crippen LogP contribution in [0.3, 0.4) is 0 Å². The van der Waals surface area contributed by atoms with E-state index < -0.39 is 13.4 Å². The number of hydrogen-bond acceptors (Lipinski definition) is 2. The SMILES string of the molecule is CC(C)(C)[P+](CC(O)CO)(C(C)(C)C)C(C)(C)C. The van der Waals surface area contributed by atoms with Gasteiger partial charge in [-0.2, -0.15) is 0 Å². The third kappa shape index (κ3) is 3.26. The number of rotatable bonds is 3. The van der Waals surface area contributed by atoms with Gasteiger partial charge in [-0.3, -0.25) is 0 Å². The van der Waals surface area contributed by atoms with Gasteiger partial charge in [0.05, 0.1) is 28.2 Å². The van der Waals surface area contributed by atoms with Crippen LogP contribution >= 0.6 is 7.26 Å². The molecule has 1 atom stereocenters. The number of hydrogen-bond donors (Lipinski definition) is 2. The van der Waals surface area contributed by atoms with E-state index in [1.807, 2.05) is 0 Å². The van der Waals surface area contributed by atoms with E-state index in [1.165, 1.54) is 0 Å². The van der Waals surface area contributed by atoms with Gasteiger partial charge in [-0.15, -0.1) is 0 Å². The first kappa shape index (κ1) is 18.4. The van der Waals surface area contributed by atoms with E-state index in [4.69, 9.17) is 0 Å². The average molecular weight is 277 g/mol. The molecule has 0 bridgehead atoms. The van der Waals surface area contributed by atoms with E-state index in [1.54, 1.807) is 0 Å². The summed E-state index contributed by atoms with van der Waals surface area (Å²) in [5, 5.41) is 19.8. The van der Waals surface area contributed by atoms with Gasteiger partial charge in [0, 0.05) is 7.26 Å². The van der Waals surface area contributed by atoms with E-state index in [-0.39, 0.29) is 22.1 Å². The van der Waals surface area contributed by atoms with Crippen molar-refractivity contribution in [1.29, 1.82) is 0 Å². The molecule has 3 heteroatoms. The fourth-order valence-electron chi connectivity index (χ4n) is 4.21. The summed E-state index contributed by atoms with van der Waals surface area (Å²) in [7, 11) is -1.53. The van der Waals surface area contributed by atoms with Gasteiger partial charge in [0.2, 0.25) is 0 Å². The van der Waals surface area contributed by atoms with Crippen LogP contribution in [-0.4, -0.2) is 44.6 Å². The lowest BCUT2D eigenvalue weighted by molar-refractivity contribution is 0.111. The topological polar surface area (TPSA) is 40.5 Å². The van der Waals surface area contributed by atoms with Gasteiger partial charge >= 0.3 is 0 Å². The quantitative estimate of drug-likeness (QED) is 0.771. The first-order chi connectivity index (χ1) is 7.70. The van der Waals surface area contributed by atoms with E-state index in [2.05, 4.69) is 62.3 Å². The van der Waals surface area contributed by atoms with E-state index >= 15 is 0 Å². The lowest BCUT2D eigenvalue weighted by Crippen LogP contribution is -2.47. The normalized spacial score (nSPS) is 16.8. The Morgan fingerprint density at radius 1 is 0.778 bits per heavy atom. The van der Waals surface area contributed by atoms with Crippen molar-refractivity contribution < 1.29 is 10.2 Å². The molecule has 0 fully saturated rings. The number of aliphatic hydroxyl groups is 2. The lowest BCUT2D eigenvalue weighted by atomic mass is 10.2. The van der Waals surface area contributed by atoms with Crippen molar-refractivity contribution in [3.8, 4) is 0 Å². The molecule has 0 aliphatic carbocycles. The smallest absolute Gasteiger partial charge is 0.110 e. The predicted octanol–water partition coefficient (Wildman–Crippen LogP) is 3.75. The highest BCUT2D eigenvalue weighted by Crippen LogP contribution is 2.83. The third-order valence-corrected chi connectivity index (χ3v) is 12.0. The molecule has 0 aromatic heterocycles. The second-order valence-corrected chi connectivity index (χ2v) is 14.4. The van der Waals surface area contributed by atoms with Crippen LogP contribution < -0.4 is 0 Å². The van der Waals surface area contributed by atoms with E-state index in [0.717, 1.165) is 6.16 Å². The molecule has 2 N–H and O–H groups in total. The minimum Gasteiger partial charge on any atom is -0.394 e. The molecule has 1 unspecified atom stereocenters. The van der Waals surface area contributed by atoms with Crippen LogP contribution in [0.1, 0.15) is 62.3 Å². The molecular formula is C15H34O2P+. The Morgan fingerprint density at radius 2 is 1.06 bits per heavy atom. The summed E-state index contributed by atoms with van der Waals surface area (Å²) in [6, 6.07) is 0. The van der Waals surface area contributed by atoms with Crippen LogP contribution in [0.5, 0.6) is 0 Å². The lowest BCUT2D eigenvalue weighted by Gasteiger charge is -2.55. The molecule has 0 radical (unpaired) electrons.